The van der Waals surface area contributed by atoms with E-state index in [-0.39, 0.29) is 6.54 Å². The molecule has 0 unspecified atom stereocenters. The quantitative estimate of drug-likeness (QED) is 0.549. The van der Waals surface area contributed by atoms with Crippen molar-refractivity contribution >= 4 is 11.8 Å². The molecule has 19 heavy (non-hydrogen) atoms. The van der Waals surface area contributed by atoms with E-state index in [2.05, 4.69) is 10.2 Å². The van der Waals surface area contributed by atoms with Crippen LogP contribution in [-0.4, -0.2) is 60.4 Å². The highest BCUT2D eigenvalue weighted by Gasteiger charge is 2.29. The molecule has 0 radical (unpaired) electrons. The van der Waals surface area contributed by atoms with Crippen LogP contribution in [0.4, 0.5) is 0 Å². The number of carbonyl (C=O) groups excluding carboxylic acids is 2. The van der Waals surface area contributed by atoms with Gasteiger partial charge < -0.3 is 10.2 Å². The number of nitrogens with zero attached hydrogens (tertiary/aromatic N) is 3. The van der Waals surface area contributed by atoms with Crippen LogP contribution >= 0.6 is 0 Å². The van der Waals surface area contributed by atoms with Gasteiger partial charge in [0.05, 0.1) is 6.07 Å². The van der Waals surface area contributed by atoms with E-state index >= 15 is 0 Å². The summed E-state index contributed by atoms with van der Waals surface area (Å²) in [6.45, 7) is 2.79. The van der Waals surface area contributed by atoms with E-state index in [1.807, 2.05) is 0 Å². The first-order valence-electron chi connectivity index (χ1n) is 6.90. The number of nitriles is 1. The molecule has 1 heterocycles. The third-order valence-electron chi connectivity index (χ3n) is 3.96. The van der Waals surface area contributed by atoms with Gasteiger partial charge in [-0.25, -0.2) is 0 Å². The number of hydrogen-bond donors (Lipinski definition) is 1. The molecule has 2 rings (SSSR count). The predicted octanol–water partition coefficient (Wildman–Crippen LogP) is -0.287. The lowest BCUT2D eigenvalue weighted by Crippen LogP contribution is -2.54. The zero-order chi connectivity index (χ0) is 13.7. The van der Waals surface area contributed by atoms with Crippen molar-refractivity contribution in [3.8, 4) is 6.07 Å². The van der Waals surface area contributed by atoms with E-state index in [0.717, 1.165) is 13.1 Å². The minimum absolute atomic E-state index is 0.118. The van der Waals surface area contributed by atoms with Gasteiger partial charge in [-0.15, -0.1) is 0 Å². The van der Waals surface area contributed by atoms with E-state index in [4.69, 9.17) is 5.26 Å². The van der Waals surface area contributed by atoms with Crippen LogP contribution in [0.15, 0.2) is 0 Å². The topological polar surface area (TPSA) is 76.4 Å². The normalized spacial score (nSPS) is 21.1. The summed E-state index contributed by atoms with van der Waals surface area (Å²) >= 11 is 0. The standard InChI is InChI=1S/C13H20N4O2/c14-5-6-15-12(18)13(19)17-9-7-16(8-10-17)11-3-1-2-4-11/h11H,1-4,6-10H2,(H,15,18). The van der Waals surface area contributed by atoms with Crippen molar-refractivity contribution in [3.05, 3.63) is 0 Å². The number of piperazine rings is 1. The van der Waals surface area contributed by atoms with Crippen molar-refractivity contribution < 1.29 is 9.59 Å². The molecule has 1 saturated carbocycles. The van der Waals surface area contributed by atoms with Crippen LogP contribution in [0.25, 0.3) is 0 Å². The van der Waals surface area contributed by atoms with Crippen molar-refractivity contribution in [1.82, 2.24) is 15.1 Å². The van der Waals surface area contributed by atoms with Crippen molar-refractivity contribution in [3.63, 3.8) is 0 Å². The lowest BCUT2D eigenvalue weighted by Gasteiger charge is -2.37. The Hall–Kier alpha value is -1.61. The maximum atomic E-state index is 11.8. The zero-order valence-electron chi connectivity index (χ0n) is 11.1. The van der Waals surface area contributed by atoms with Crippen molar-refractivity contribution in [2.45, 2.75) is 31.7 Å². The lowest BCUT2D eigenvalue weighted by molar-refractivity contribution is -0.147. The monoisotopic (exact) mass is 264 g/mol. The Morgan fingerprint density at radius 2 is 1.79 bits per heavy atom. The van der Waals surface area contributed by atoms with Crippen LogP contribution in [0.5, 0.6) is 0 Å². The van der Waals surface area contributed by atoms with Gasteiger partial charge in [-0.3, -0.25) is 14.5 Å². The first-order valence-corrected chi connectivity index (χ1v) is 6.90. The molecular weight excluding hydrogens is 244 g/mol. The number of amides is 2. The minimum atomic E-state index is -0.670. The fraction of sp³-hybridized carbons (Fsp3) is 0.769. The van der Waals surface area contributed by atoms with Crippen LogP contribution in [0.2, 0.25) is 0 Å². The van der Waals surface area contributed by atoms with Gasteiger partial charge in [-0.2, -0.15) is 5.26 Å². The molecule has 6 heteroatoms. The Kier molecular flexibility index (Phi) is 4.74. The van der Waals surface area contributed by atoms with E-state index in [0.29, 0.717) is 19.1 Å². The maximum Gasteiger partial charge on any atom is 0.311 e. The fourth-order valence-corrected chi connectivity index (χ4v) is 2.90. The van der Waals surface area contributed by atoms with Gasteiger partial charge in [0.2, 0.25) is 0 Å². The summed E-state index contributed by atoms with van der Waals surface area (Å²) < 4.78 is 0. The molecule has 0 spiro atoms. The fourth-order valence-electron chi connectivity index (χ4n) is 2.90. The summed E-state index contributed by atoms with van der Waals surface area (Å²) in [6.07, 6.45) is 5.13. The third kappa shape index (κ3) is 3.44. The van der Waals surface area contributed by atoms with Gasteiger partial charge in [0.15, 0.2) is 0 Å². The second kappa shape index (κ2) is 6.53. The summed E-state index contributed by atoms with van der Waals surface area (Å²) in [5.74, 6) is -1.18. The molecule has 0 aromatic rings. The van der Waals surface area contributed by atoms with Crippen LogP contribution in [-0.2, 0) is 9.59 Å². The Bertz CT molecular complexity index is 377. The number of nitrogens with one attached hydrogen (secondary N) is 1. The molecule has 104 valence electrons. The van der Waals surface area contributed by atoms with Gasteiger partial charge in [0, 0.05) is 32.2 Å². The Morgan fingerprint density at radius 1 is 1.16 bits per heavy atom. The third-order valence-corrected chi connectivity index (χ3v) is 3.96. The smallest absolute Gasteiger partial charge is 0.311 e. The van der Waals surface area contributed by atoms with E-state index < -0.39 is 11.8 Å². The molecule has 2 fully saturated rings. The molecular formula is C13H20N4O2. The SMILES string of the molecule is N#CCNC(=O)C(=O)N1CCN(C2CCCC2)CC1. The molecule has 2 amide bonds. The second-order valence-electron chi connectivity index (χ2n) is 5.11. The first kappa shape index (κ1) is 13.8. The van der Waals surface area contributed by atoms with Gasteiger partial charge >= 0.3 is 11.8 Å². The molecule has 0 atom stereocenters. The van der Waals surface area contributed by atoms with Crippen molar-refractivity contribution in [2.24, 2.45) is 0 Å². The Morgan fingerprint density at radius 3 is 2.37 bits per heavy atom. The van der Waals surface area contributed by atoms with Crippen molar-refractivity contribution in [1.29, 1.82) is 5.26 Å². The van der Waals surface area contributed by atoms with Crippen molar-refractivity contribution in [2.75, 3.05) is 32.7 Å². The number of hydrogen-bond acceptors (Lipinski definition) is 4. The predicted molar refractivity (Wildman–Crippen MR) is 69.0 cm³/mol. The highest BCUT2D eigenvalue weighted by molar-refractivity contribution is 6.35. The maximum absolute atomic E-state index is 11.8. The second-order valence-corrected chi connectivity index (χ2v) is 5.11. The van der Waals surface area contributed by atoms with Gasteiger partial charge in [0.1, 0.15) is 6.54 Å². The molecule has 0 aromatic heterocycles. The van der Waals surface area contributed by atoms with Gasteiger partial charge in [-0.1, -0.05) is 12.8 Å². The first-order chi connectivity index (χ1) is 9.22. The molecule has 1 aliphatic carbocycles. The summed E-state index contributed by atoms with van der Waals surface area (Å²) in [4.78, 5) is 27.3. The van der Waals surface area contributed by atoms with Crippen LogP contribution in [0.1, 0.15) is 25.7 Å². The summed E-state index contributed by atoms with van der Waals surface area (Å²) in [7, 11) is 0. The molecule has 1 N–H and O–H groups in total. The minimum Gasteiger partial charge on any atom is -0.335 e. The summed E-state index contributed by atoms with van der Waals surface area (Å²) in [6, 6.07) is 2.46. The zero-order valence-corrected chi connectivity index (χ0v) is 11.1. The van der Waals surface area contributed by atoms with E-state index in [1.54, 1.807) is 11.0 Å². The molecule has 1 saturated heterocycles. The summed E-state index contributed by atoms with van der Waals surface area (Å²) in [5.41, 5.74) is 0. The average molecular weight is 264 g/mol. The molecule has 0 bridgehead atoms. The van der Waals surface area contributed by atoms with Crippen LogP contribution < -0.4 is 5.32 Å². The van der Waals surface area contributed by atoms with Gasteiger partial charge in [-0.05, 0) is 12.8 Å². The Balaban J connectivity index is 1.77. The molecule has 1 aliphatic heterocycles. The van der Waals surface area contributed by atoms with Crippen LogP contribution in [0.3, 0.4) is 0 Å². The molecule has 6 nitrogen and oxygen atoms in total. The van der Waals surface area contributed by atoms with E-state index in [1.165, 1.54) is 25.7 Å². The highest BCUT2D eigenvalue weighted by atomic mass is 16.2. The molecule has 0 aromatic carbocycles. The average Bonchev–Trinajstić information content (AvgIpc) is 2.98. The molecule has 2 aliphatic rings. The Labute approximate surface area is 113 Å². The highest BCUT2D eigenvalue weighted by Crippen LogP contribution is 2.24. The van der Waals surface area contributed by atoms with Crippen LogP contribution in [0, 0.1) is 11.3 Å². The van der Waals surface area contributed by atoms with E-state index in [9.17, 15) is 9.59 Å². The lowest BCUT2D eigenvalue weighted by atomic mass is 10.2. The number of rotatable bonds is 2. The largest absolute Gasteiger partial charge is 0.335 e. The summed E-state index contributed by atoms with van der Waals surface area (Å²) in [5, 5.41) is 10.7. The van der Waals surface area contributed by atoms with Gasteiger partial charge in [0.25, 0.3) is 0 Å². The number of carbonyl (C=O) groups is 2.